The molecule has 0 N–H and O–H groups in total. The maximum absolute atomic E-state index is 5.94. The van der Waals surface area contributed by atoms with Gasteiger partial charge in [-0.25, -0.2) is 0 Å². The van der Waals surface area contributed by atoms with Crippen molar-refractivity contribution in [1.29, 1.82) is 0 Å². The Morgan fingerprint density at radius 2 is 1.25 bits per heavy atom. The van der Waals surface area contributed by atoms with Crippen molar-refractivity contribution in [3.8, 4) is 0 Å². The predicted octanol–water partition coefficient (Wildman–Crippen LogP) is 6.73. The SMILES string of the molecule is CC(C)=CCCC(C)=CCCC(C)=CCCC1(C)OC(C)C(C)O1. The van der Waals surface area contributed by atoms with Crippen LogP contribution in [-0.4, -0.2) is 18.0 Å². The third kappa shape index (κ3) is 8.30. The molecule has 1 fully saturated rings. The van der Waals surface area contributed by atoms with Gasteiger partial charge in [0.25, 0.3) is 0 Å². The lowest BCUT2D eigenvalue weighted by Gasteiger charge is -2.22. The molecular weight excluding hydrogens is 296 g/mol. The molecule has 2 nitrogen and oxygen atoms in total. The van der Waals surface area contributed by atoms with E-state index >= 15 is 0 Å². The first-order valence-corrected chi connectivity index (χ1v) is 9.52. The van der Waals surface area contributed by atoms with E-state index in [4.69, 9.17) is 9.47 Å². The van der Waals surface area contributed by atoms with Gasteiger partial charge in [0, 0.05) is 6.42 Å². The van der Waals surface area contributed by atoms with E-state index in [1.807, 2.05) is 0 Å². The molecule has 1 rings (SSSR count). The van der Waals surface area contributed by atoms with Gasteiger partial charge in [-0.15, -0.1) is 0 Å². The fourth-order valence-electron chi connectivity index (χ4n) is 3.04. The lowest BCUT2D eigenvalue weighted by Crippen LogP contribution is -2.26. The van der Waals surface area contributed by atoms with Crippen LogP contribution in [0.1, 0.15) is 87.0 Å². The smallest absolute Gasteiger partial charge is 0.166 e. The van der Waals surface area contributed by atoms with E-state index in [1.54, 1.807) is 0 Å². The molecule has 2 heteroatoms. The first kappa shape index (κ1) is 21.2. The second-order valence-electron chi connectivity index (χ2n) is 7.78. The van der Waals surface area contributed by atoms with Crippen LogP contribution in [0.3, 0.4) is 0 Å². The summed E-state index contributed by atoms with van der Waals surface area (Å²) in [7, 11) is 0. The molecule has 0 aliphatic carbocycles. The topological polar surface area (TPSA) is 18.5 Å². The van der Waals surface area contributed by atoms with E-state index in [2.05, 4.69) is 66.7 Å². The van der Waals surface area contributed by atoms with Crippen molar-refractivity contribution in [2.24, 2.45) is 0 Å². The highest BCUT2D eigenvalue weighted by molar-refractivity contribution is 5.05. The first-order chi connectivity index (χ1) is 11.2. The Morgan fingerprint density at radius 1 is 0.792 bits per heavy atom. The largest absolute Gasteiger partial charge is 0.345 e. The molecule has 138 valence electrons. The van der Waals surface area contributed by atoms with Crippen molar-refractivity contribution < 1.29 is 9.47 Å². The maximum Gasteiger partial charge on any atom is 0.166 e. The van der Waals surface area contributed by atoms with E-state index in [9.17, 15) is 0 Å². The van der Waals surface area contributed by atoms with Gasteiger partial charge in [0.05, 0.1) is 12.2 Å². The zero-order chi connectivity index (χ0) is 18.2. The second-order valence-corrected chi connectivity index (χ2v) is 7.78. The molecule has 0 spiro atoms. The van der Waals surface area contributed by atoms with Gasteiger partial charge < -0.3 is 9.47 Å². The summed E-state index contributed by atoms with van der Waals surface area (Å²) < 4.78 is 11.9. The highest BCUT2D eigenvalue weighted by Gasteiger charge is 2.39. The Balaban J connectivity index is 2.26. The molecule has 0 amide bonds. The lowest BCUT2D eigenvalue weighted by molar-refractivity contribution is -0.162. The molecule has 0 aromatic carbocycles. The van der Waals surface area contributed by atoms with Crippen molar-refractivity contribution in [2.45, 2.75) is 105 Å². The number of rotatable bonds is 9. The average Bonchev–Trinajstić information content (AvgIpc) is 2.71. The molecule has 0 radical (unpaired) electrons. The number of hydrogen-bond donors (Lipinski definition) is 0. The summed E-state index contributed by atoms with van der Waals surface area (Å²) in [4.78, 5) is 0. The minimum atomic E-state index is -0.406. The zero-order valence-corrected chi connectivity index (χ0v) is 16.9. The Labute approximate surface area is 150 Å². The van der Waals surface area contributed by atoms with E-state index in [0.29, 0.717) is 0 Å². The highest BCUT2D eigenvalue weighted by Crippen LogP contribution is 2.32. The van der Waals surface area contributed by atoms with Gasteiger partial charge in [0.2, 0.25) is 0 Å². The van der Waals surface area contributed by atoms with Crippen molar-refractivity contribution in [3.05, 3.63) is 34.9 Å². The summed E-state index contributed by atoms with van der Waals surface area (Å²) in [5, 5.41) is 0. The van der Waals surface area contributed by atoms with E-state index in [-0.39, 0.29) is 12.2 Å². The summed E-state index contributed by atoms with van der Waals surface area (Å²) in [6.45, 7) is 15.0. The molecule has 0 saturated carbocycles. The summed E-state index contributed by atoms with van der Waals surface area (Å²) >= 11 is 0. The van der Waals surface area contributed by atoms with Gasteiger partial charge in [-0.2, -0.15) is 0 Å². The Bertz CT molecular complexity index is 456. The molecule has 24 heavy (non-hydrogen) atoms. The van der Waals surface area contributed by atoms with Crippen LogP contribution in [0.2, 0.25) is 0 Å². The molecule has 1 saturated heterocycles. The third-order valence-electron chi connectivity index (χ3n) is 4.75. The van der Waals surface area contributed by atoms with E-state index in [0.717, 1.165) is 32.1 Å². The minimum absolute atomic E-state index is 0.194. The van der Waals surface area contributed by atoms with Crippen molar-refractivity contribution in [3.63, 3.8) is 0 Å². The van der Waals surface area contributed by atoms with Crippen LogP contribution < -0.4 is 0 Å². The molecular formula is C22H38O2. The van der Waals surface area contributed by atoms with Crippen molar-refractivity contribution in [2.75, 3.05) is 0 Å². The monoisotopic (exact) mass is 334 g/mol. The quantitative estimate of drug-likeness (QED) is 0.435. The molecule has 0 aromatic heterocycles. The normalized spacial score (nSPS) is 28.3. The Hall–Kier alpha value is -0.860. The summed E-state index contributed by atoms with van der Waals surface area (Å²) in [5.74, 6) is -0.406. The van der Waals surface area contributed by atoms with Gasteiger partial charge in [-0.1, -0.05) is 34.9 Å². The van der Waals surface area contributed by atoms with Gasteiger partial charge >= 0.3 is 0 Å². The van der Waals surface area contributed by atoms with E-state index < -0.39 is 5.79 Å². The summed E-state index contributed by atoms with van der Waals surface area (Å²) in [6.07, 6.45) is 14.0. The second kappa shape index (κ2) is 10.2. The molecule has 2 unspecified atom stereocenters. The van der Waals surface area contributed by atoms with Gasteiger partial charge in [-0.05, 0) is 80.6 Å². The number of allylic oxidation sites excluding steroid dienone is 6. The molecule has 0 bridgehead atoms. The van der Waals surface area contributed by atoms with Crippen molar-refractivity contribution in [1.82, 2.24) is 0 Å². The van der Waals surface area contributed by atoms with Crippen LogP contribution in [-0.2, 0) is 9.47 Å². The lowest BCUT2D eigenvalue weighted by atomic mass is 10.0. The molecule has 0 aromatic rings. The fraction of sp³-hybridized carbons (Fsp3) is 0.727. The summed E-state index contributed by atoms with van der Waals surface area (Å²) in [6, 6.07) is 0. The van der Waals surface area contributed by atoms with Crippen LogP contribution in [0.4, 0.5) is 0 Å². The first-order valence-electron chi connectivity index (χ1n) is 9.52. The van der Waals surface area contributed by atoms with E-state index in [1.165, 1.54) is 23.1 Å². The van der Waals surface area contributed by atoms with Gasteiger partial charge in [-0.3, -0.25) is 0 Å². The van der Waals surface area contributed by atoms with Crippen LogP contribution in [0.5, 0.6) is 0 Å². The van der Waals surface area contributed by atoms with Crippen LogP contribution in [0.25, 0.3) is 0 Å². The minimum Gasteiger partial charge on any atom is -0.345 e. The molecule has 1 aliphatic rings. The van der Waals surface area contributed by atoms with Gasteiger partial charge in [0.15, 0.2) is 5.79 Å². The van der Waals surface area contributed by atoms with Crippen molar-refractivity contribution >= 4 is 0 Å². The Morgan fingerprint density at radius 3 is 1.75 bits per heavy atom. The maximum atomic E-state index is 5.94. The molecule has 1 heterocycles. The number of ether oxygens (including phenoxy) is 2. The fourth-order valence-corrected chi connectivity index (χ4v) is 3.04. The zero-order valence-electron chi connectivity index (χ0n) is 16.9. The number of hydrogen-bond acceptors (Lipinski definition) is 2. The third-order valence-corrected chi connectivity index (χ3v) is 4.75. The van der Waals surface area contributed by atoms with Gasteiger partial charge in [0.1, 0.15) is 0 Å². The Kier molecular flexibility index (Phi) is 9.01. The standard InChI is InChI=1S/C22H38O2/c1-17(2)11-8-12-18(3)13-9-14-19(4)15-10-16-22(7)23-20(5)21(6)24-22/h11,13,15,20-21H,8-10,12,14,16H2,1-7H3. The predicted molar refractivity (Wildman–Crippen MR) is 104 cm³/mol. The van der Waals surface area contributed by atoms with Crippen LogP contribution in [0.15, 0.2) is 34.9 Å². The molecule has 2 atom stereocenters. The molecule has 1 aliphatic heterocycles. The average molecular weight is 335 g/mol. The summed E-state index contributed by atoms with van der Waals surface area (Å²) in [5.41, 5.74) is 4.38. The highest BCUT2D eigenvalue weighted by atomic mass is 16.7. The van der Waals surface area contributed by atoms with Crippen LogP contribution in [0, 0.1) is 0 Å². The van der Waals surface area contributed by atoms with Crippen LogP contribution >= 0.6 is 0 Å².